The molecule has 0 aliphatic heterocycles. The van der Waals surface area contributed by atoms with Crippen molar-refractivity contribution in [2.45, 2.75) is 32.7 Å². The van der Waals surface area contributed by atoms with Crippen LogP contribution in [0.25, 0.3) is 0 Å². The molecule has 2 aromatic rings. The molecule has 0 bridgehead atoms. The number of pyridine rings is 1. The SMILES string of the molecule is COc1ccc(CCNC(=O)N(C)[C@@H](C)Cc2cc(C)ccn2)cc1OC. The van der Waals surface area contributed by atoms with Crippen LogP contribution >= 0.6 is 0 Å². The summed E-state index contributed by atoms with van der Waals surface area (Å²) >= 11 is 0. The molecule has 0 saturated carbocycles. The maximum Gasteiger partial charge on any atom is 0.317 e. The number of methoxy groups -OCH3 is 2. The lowest BCUT2D eigenvalue weighted by atomic mass is 10.1. The highest BCUT2D eigenvalue weighted by Crippen LogP contribution is 2.27. The highest BCUT2D eigenvalue weighted by molar-refractivity contribution is 5.74. The van der Waals surface area contributed by atoms with Crippen LogP contribution in [0.1, 0.15) is 23.7 Å². The van der Waals surface area contributed by atoms with E-state index in [0.717, 1.165) is 17.7 Å². The van der Waals surface area contributed by atoms with Gasteiger partial charge in [-0.15, -0.1) is 0 Å². The lowest BCUT2D eigenvalue weighted by molar-refractivity contribution is 0.193. The fraction of sp³-hybridized carbons (Fsp3) is 0.429. The Morgan fingerprint density at radius 2 is 1.93 bits per heavy atom. The topological polar surface area (TPSA) is 63.7 Å². The standard InChI is InChI=1S/C21H29N3O3/c1-15-8-10-22-18(12-15)13-16(2)24(3)21(25)23-11-9-17-6-7-19(26-4)20(14-17)27-5/h6-8,10,12,14,16H,9,11,13H2,1-5H3,(H,23,25)/t16-/m0/s1. The third kappa shape index (κ3) is 5.88. The molecule has 0 saturated heterocycles. The van der Waals surface area contributed by atoms with E-state index in [0.29, 0.717) is 24.5 Å². The minimum atomic E-state index is -0.0874. The van der Waals surface area contributed by atoms with Crippen LogP contribution in [0, 0.1) is 6.92 Å². The van der Waals surface area contributed by atoms with Crippen molar-refractivity contribution in [2.24, 2.45) is 0 Å². The smallest absolute Gasteiger partial charge is 0.317 e. The Morgan fingerprint density at radius 3 is 2.59 bits per heavy atom. The fourth-order valence-corrected chi connectivity index (χ4v) is 2.82. The number of hydrogen-bond acceptors (Lipinski definition) is 4. The molecule has 27 heavy (non-hydrogen) atoms. The quantitative estimate of drug-likeness (QED) is 0.774. The van der Waals surface area contributed by atoms with Crippen LogP contribution in [-0.2, 0) is 12.8 Å². The molecule has 1 heterocycles. The molecule has 0 aliphatic rings. The molecular weight excluding hydrogens is 342 g/mol. The lowest BCUT2D eigenvalue weighted by Gasteiger charge is -2.25. The van der Waals surface area contributed by atoms with Gasteiger partial charge in [-0.05, 0) is 55.7 Å². The number of amides is 2. The van der Waals surface area contributed by atoms with Crippen molar-refractivity contribution < 1.29 is 14.3 Å². The Hall–Kier alpha value is -2.76. The number of carbonyl (C=O) groups excluding carboxylic acids is 1. The van der Waals surface area contributed by atoms with Crippen LogP contribution in [0.15, 0.2) is 36.5 Å². The summed E-state index contributed by atoms with van der Waals surface area (Å²) in [6, 6.07) is 9.78. The normalized spacial score (nSPS) is 11.6. The number of nitrogens with one attached hydrogen (secondary N) is 1. The van der Waals surface area contributed by atoms with E-state index in [9.17, 15) is 4.79 Å². The van der Waals surface area contributed by atoms with Gasteiger partial charge in [0.15, 0.2) is 11.5 Å². The maximum atomic E-state index is 12.4. The van der Waals surface area contributed by atoms with E-state index in [1.807, 2.05) is 45.2 Å². The van der Waals surface area contributed by atoms with Crippen molar-refractivity contribution in [3.8, 4) is 11.5 Å². The van der Waals surface area contributed by atoms with E-state index in [2.05, 4.69) is 16.4 Å². The second-order valence-corrected chi connectivity index (χ2v) is 6.66. The van der Waals surface area contributed by atoms with Crippen LogP contribution in [-0.4, -0.2) is 49.8 Å². The van der Waals surface area contributed by atoms with E-state index in [-0.39, 0.29) is 12.1 Å². The van der Waals surface area contributed by atoms with Gasteiger partial charge in [-0.3, -0.25) is 4.98 Å². The van der Waals surface area contributed by atoms with E-state index < -0.39 is 0 Å². The minimum Gasteiger partial charge on any atom is -0.493 e. The van der Waals surface area contributed by atoms with Crippen LogP contribution in [0.2, 0.25) is 0 Å². The molecule has 6 heteroatoms. The number of hydrogen-bond donors (Lipinski definition) is 1. The van der Waals surface area contributed by atoms with Gasteiger partial charge < -0.3 is 19.7 Å². The summed E-state index contributed by atoms with van der Waals surface area (Å²) in [6.45, 7) is 4.62. The first-order valence-corrected chi connectivity index (χ1v) is 9.07. The number of urea groups is 1. The predicted molar refractivity (Wildman–Crippen MR) is 107 cm³/mol. The third-order valence-corrected chi connectivity index (χ3v) is 4.60. The van der Waals surface area contributed by atoms with Gasteiger partial charge in [0, 0.05) is 37.9 Å². The monoisotopic (exact) mass is 371 g/mol. The minimum absolute atomic E-state index is 0.0559. The van der Waals surface area contributed by atoms with Gasteiger partial charge in [0.05, 0.1) is 14.2 Å². The summed E-state index contributed by atoms with van der Waals surface area (Å²) in [5.41, 5.74) is 3.24. The highest BCUT2D eigenvalue weighted by Gasteiger charge is 2.16. The Balaban J connectivity index is 1.84. The van der Waals surface area contributed by atoms with Gasteiger partial charge >= 0.3 is 6.03 Å². The number of carbonyl (C=O) groups is 1. The molecule has 1 atom stereocenters. The third-order valence-electron chi connectivity index (χ3n) is 4.60. The molecule has 6 nitrogen and oxygen atoms in total. The van der Waals surface area contributed by atoms with Crippen LogP contribution in [0.3, 0.4) is 0 Å². The number of rotatable bonds is 8. The molecule has 146 valence electrons. The number of aromatic nitrogens is 1. The first kappa shape index (κ1) is 20.6. The Bertz CT molecular complexity index is 764. The van der Waals surface area contributed by atoms with Gasteiger partial charge in [-0.25, -0.2) is 4.79 Å². The number of benzene rings is 1. The maximum absolute atomic E-state index is 12.4. The predicted octanol–water partition coefficient (Wildman–Crippen LogP) is 3.22. The van der Waals surface area contributed by atoms with Crippen molar-refractivity contribution in [3.05, 3.63) is 53.3 Å². The Morgan fingerprint density at radius 1 is 1.19 bits per heavy atom. The zero-order valence-corrected chi connectivity index (χ0v) is 16.8. The average Bonchev–Trinajstić information content (AvgIpc) is 2.67. The summed E-state index contributed by atoms with van der Waals surface area (Å²) in [5, 5.41) is 2.97. The van der Waals surface area contributed by atoms with E-state index >= 15 is 0 Å². The van der Waals surface area contributed by atoms with Crippen LogP contribution < -0.4 is 14.8 Å². The summed E-state index contributed by atoms with van der Waals surface area (Å²) in [7, 11) is 5.04. The molecule has 2 rings (SSSR count). The van der Waals surface area contributed by atoms with Crippen LogP contribution in [0.4, 0.5) is 4.79 Å². The fourth-order valence-electron chi connectivity index (χ4n) is 2.82. The summed E-state index contributed by atoms with van der Waals surface area (Å²) in [5.74, 6) is 1.39. The molecule has 1 aromatic heterocycles. The largest absolute Gasteiger partial charge is 0.493 e. The number of nitrogens with zero attached hydrogens (tertiary/aromatic N) is 2. The van der Waals surface area contributed by atoms with E-state index in [4.69, 9.17) is 9.47 Å². The number of likely N-dealkylation sites (N-methyl/N-ethyl adjacent to an activating group) is 1. The van der Waals surface area contributed by atoms with Crippen molar-refractivity contribution in [2.75, 3.05) is 27.8 Å². The first-order valence-electron chi connectivity index (χ1n) is 9.07. The molecule has 1 aromatic carbocycles. The molecule has 0 unspecified atom stereocenters. The van der Waals surface area contributed by atoms with Gasteiger partial charge in [0.25, 0.3) is 0 Å². The second-order valence-electron chi connectivity index (χ2n) is 6.66. The Labute approximate surface area is 161 Å². The van der Waals surface area contributed by atoms with Crippen molar-refractivity contribution in [3.63, 3.8) is 0 Å². The van der Waals surface area contributed by atoms with E-state index in [1.54, 1.807) is 25.3 Å². The zero-order chi connectivity index (χ0) is 19.8. The summed E-state index contributed by atoms with van der Waals surface area (Å²) in [6.07, 6.45) is 3.25. The van der Waals surface area contributed by atoms with E-state index in [1.165, 1.54) is 5.56 Å². The lowest BCUT2D eigenvalue weighted by Crippen LogP contribution is -2.43. The van der Waals surface area contributed by atoms with Crippen LogP contribution in [0.5, 0.6) is 11.5 Å². The van der Waals surface area contributed by atoms with Gasteiger partial charge in [-0.1, -0.05) is 6.07 Å². The number of aryl methyl sites for hydroxylation is 1. The molecule has 0 spiro atoms. The molecule has 0 radical (unpaired) electrons. The molecular formula is C21H29N3O3. The van der Waals surface area contributed by atoms with Gasteiger partial charge in [0.2, 0.25) is 0 Å². The second kappa shape index (κ2) is 9.80. The molecule has 1 N–H and O–H groups in total. The van der Waals surface area contributed by atoms with Crippen molar-refractivity contribution in [1.82, 2.24) is 15.2 Å². The summed E-state index contributed by atoms with van der Waals surface area (Å²) < 4.78 is 10.6. The molecule has 2 amide bonds. The Kier molecular flexibility index (Phi) is 7.46. The highest BCUT2D eigenvalue weighted by atomic mass is 16.5. The van der Waals surface area contributed by atoms with Crippen molar-refractivity contribution in [1.29, 1.82) is 0 Å². The van der Waals surface area contributed by atoms with Crippen molar-refractivity contribution >= 4 is 6.03 Å². The first-order chi connectivity index (χ1) is 12.9. The molecule has 0 fully saturated rings. The van der Waals surface area contributed by atoms with Gasteiger partial charge in [-0.2, -0.15) is 0 Å². The summed E-state index contributed by atoms with van der Waals surface area (Å²) in [4.78, 5) is 18.5. The van der Waals surface area contributed by atoms with Gasteiger partial charge in [0.1, 0.15) is 0 Å². The average molecular weight is 371 g/mol. The number of ether oxygens (including phenoxy) is 2. The zero-order valence-electron chi connectivity index (χ0n) is 16.8. The molecule has 0 aliphatic carbocycles.